The molecule has 1 fully saturated rings. The SMILES string of the molecule is N#CB(CC1CC1)c1cc(Nc2ccncc2Cl)nc2c(C=O)cnn12. The molecular weight excluding hydrogens is 350 g/mol. The Balaban J connectivity index is 1.81. The maximum absolute atomic E-state index is 11.3. The molecule has 0 spiro atoms. The molecule has 1 saturated carbocycles. The molecule has 9 heteroatoms. The van der Waals surface area contributed by atoms with E-state index >= 15 is 0 Å². The first-order chi connectivity index (χ1) is 12.7. The zero-order valence-electron chi connectivity index (χ0n) is 13.8. The van der Waals surface area contributed by atoms with Gasteiger partial charge in [-0.25, -0.2) is 14.8 Å². The molecule has 0 amide bonds. The van der Waals surface area contributed by atoms with Gasteiger partial charge >= 0.3 is 6.71 Å². The van der Waals surface area contributed by atoms with E-state index in [2.05, 4.69) is 26.4 Å². The van der Waals surface area contributed by atoms with Crippen molar-refractivity contribution in [3.63, 3.8) is 0 Å². The predicted octanol–water partition coefficient (Wildman–Crippen LogP) is 2.51. The number of hydrogen-bond acceptors (Lipinski definition) is 6. The second-order valence-corrected chi connectivity index (χ2v) is 6.77. The van der Waals surface area contributed by atoms with Gasteiger partial charge in [0.15, 0.2) is 11.9 Å². The smallest absolute Gasteiger partial charge is 0.322 e. The molecule has 1 aliphatic rings. The van der Waals surface area contributed by atoms with Crippen LogP contribution >= 0.6 is 11.6 Å². The zero-order valence-corrected chi connectivity index (χ0v) is 14.5. The van der Waals surface area contributed by atoms with Gasteiger partial charge in [-0.1, -0.05) is 30.8 Å². The molecule has 3 heterocycles. The van der Waals surface area contributed by atoms with Crippen LogP contribution in [0.3, 0.4) is 0 Å². The summed E-state index contributed by atoms with van der Waals surface area (Å²) in [7, 11) is 0. The van der Waals surface area contributed by atoms with Gasteiger partial charge in [0, 0.05) is 24.0 Å². The van der Waals surface area contributed by atoms with Crippen molar-refractivity contribution in [2.24, 2.45) is 5.92 Å². The molecule has 4 rings (SSSR count). The second kappa shape index (κ2) is 6.77. The number of nitriles is 1. The summed E-state index contributed by atoms with van der Waals surface area (Å²) in [6, 6.07) is 3.53. The quantitative estimate of drug-likeness (QED) is 0.533. The zero-order chi connectivity index (χ0) is 18.1. The summed E-state index contributed by atoms with van der Waals surface area (Å²) in [5.74, 6) is 3.45. The Hall–Kier alpha value is -2.92. The lowest BCUT2D eigenvalue weighted by atomic mass is 9.45. The van der Waals surface area contributed by atoms with Crippen LogP contribution in [0.2, 0.25) is 11.3 Å². The molecule has 0 saturated heterocycles. The number of nitrogens with one attached hydrogen (secondary N) is 1. The van der Waals surface area contributed by atoms with Crippen molar-refractivity contribution in [2.75, 3.05) is 5.32 Å². The molecule has 0 bridgehead atoms. The van der Waals surface area contributed by atoms with E-state index in [1.54, 1.807) is 22.8 Å². The van der Waals surface area contributed by atoms with Crippen LogP contribution < -0.4 is 10.9 Å². The summed E-state index contributed by atoms with van der Waals surface area (Å²) in [5.41, 5.74) is 2.15. The third-order valence-electron chi connectivity index (χ3n) is 4.47. The molecule has 3 aromatic heterocycles. The predicted molar refractivity (Wildman–Crippen MR) is 99.4 cm³/mol. The van der Waals surface area contributed by atoms with Crippen LogP contribution in [0, 0.1) is 17.1 Å². The Morgan fingerprint density at radius 2 is 2.31 bits per heavy atom. The fraction of sp³-hybridized carbons (Fsp3) is 0.235. The number of nitrogens with zero attached hydrogens (tertiary/aromatic N) is 5. The van der Waals surface area contributed by atoms with Crippen LogP contribution in [0.5, 0.6) is 0 Å². The average Bonchev–Trinajstić information content (AvgIpc) is 3.38. The van der Waals surface area contributed by atoms with Gasteiger partial charge in [-0.05, 0) is 18.1 Å². The molecular formula is C17H14BClN6O. The van der Waals surface area contributed by atoms with Crippen molar-refractivity contribution in [2.45, 2.75) is 19.2 Å². The molecule has 1 aliphatic carbocycles. The molecule has 0 unspecified atom stereocenters. The first-order valence-electron chi connectivity index (χ1n) is 8.29. The lowest BCUT2D eigenvalue weighted by molar-refractivity contribution is 0.112. The summed E-state index contributed by atoms with van der Waals surface area (Å²) in [4.78, 5) is 19.8. The summed E-state index contributed by atoms with van der Waals surface area (Å²) in [6.45, 7) is -0.319. The summed E-state index contributed by atoms with van der Waals surface area (Å²) in [6.07, 6.45) is 8.42. The Labute approximate surface area is 155 Å². The van der Waals surface area contributed by atoms with E-state index in [9.17, 15) is 10.1 Å². The number of aromatic nitrogens is 4. The number of hydrogen-bond donors (Lipinski definition) is 1. The molecule has 128 valence electrons. The number of carbonyl (C=O) groups is 1. The van der Waals surface area contributed by atoms with E-state index < -0.39 is 0 Å². The Morgan fingerprint density at radius 1 is 1.46 bits per heavy atom. The van der Waals surface area contributed by atoms with Gasteiger partial charge in [0.05, 0.1) is 22.5 Å². The fourth-order valence-electron chi connectivity index (χ4n) is 2.94. The number of halogens is 1. The molecule has 7 nitrogen and oxygen atoms in total. The van der Waals surface area contributed by atoms with Crippen LogP contribution in [0.4, 0.5) is 11.5 Å². The van der Waals surface area contributed by atoms with Gasteiger partial charge in [-0.3, -0.25) is 9.78 Å². The van der Waals surface area contributed by atoms with Crippen LogP contribution in [0.25, 0.3) is 5.65 Å². The molecule has 0 radical (unpaired) electrons. The molecule has 0 aliphatic heterocycles. The van der Waals surface area contributed by atoms with Gasteiger partial charge < -0.3 is 5.32 Å². The minimum atomic E-state index is -0.319. The minimum absolute atomic E-state index is 0.319. The van der Waals surface area contributed by atoms with Gasteiger partial charge in [-0.2, -0.15) is 5.10 Å². The standard InChI is InChI=1S/C17H14BClN6O/c19-13-8-21-4-3-14(13)23-16-5-15(18(10-20)6-11-1-2-11)25-17(24-16)12(9-26)7-22-25/h3-5,7-9,11H,1-2,6H2,(H,21,23,24). The molecule has 3 aromatic rings. The Morgan fingerprint density at radius 3 is 3.00 bits per heavy atom. The van der Waals surface area contributed by atoms with Gasteiger partial charge in [0.2, 0.25) is 0 Å². The van der Waals surface area contributed by atoms with E-state index in [4.69, 9.17) is 11.6 Å². The van der Waals surface area contributed by atoms with E-state index in [1.165, 1.54) is 12.4 Å². The van der Waals surface area contributed by atoms with Crippen LogP contribution in [0.15, 0.2) is 30.7 Å². The highest BCUT2D eigenvalue weighted by atomic mass is 35.5. The minimum Gasteiger partial charge on any atom is -0.339 e. The van der Waals surface area contributed by atoms with Crippen molar-refractivity contribution in [3.8, 4) is 5.97 Å². The van der Waals surface area contributed by atoms with Crippen LogP contribution in [0.1, 0.15) is 23.2 Å². The summed E-state index contributed by atoms with van der Waals surface area (Å²) in [5, 5.41) is 17.5. The highest BCUT2D eigenvalue weighted by molar-refractivity contribution is 6.79. The number of aldehydes is 1. The van der Waals surface area contributed by atoms with Crippen LogP contribution in [-0.2, 0) is 0 Å². The first-order valence-corrected chi connectivity index (χ1v) is 8.67. The molecule has 26 heavy (non-hydrogen) atoms. The van der Waals surface area contributed by atoms with Gasteiger partial charge in [0.25, 0.3) is 0 Å². The van der Waals surface area contributed by atoms with E-state index in [-0.39, 0.29) is 6.71 Å². The topological polar surface area (TPSA) is 96.0 Å². The number of anilines is 2. The monoisotopic (exact) mass is 364 g/mol. The first kappa shape index (κ1) is 16.5. The fourth-order valence-corrected chi connectivity index (χ4v) is 3.11. The summed E-state index contributed by atoms with van der Waals surface area (Å²) >= 11 is 6.16. The Bertz CT molecular complexity index is 1030. The Kier molecular flexibility index (Phi) is 4.31. The van der Waals surface area contributed by atoms with Gasteiger partial charge in [-0.15, -0.1) is 0 Å². The van der Waals surface area contributed by atoms with Gasteiger partial charge in [0.1, 0.15) is 5.82 Å². The molecule has 1 N–H and O–H groups in total. The third-order valence-corrected chi connectivity index (χ3v) is 4.77. The van der Waals surface area contributed by atoms with E-state index in [0.717, 1.165) is 19.2 Å². The summed E-state index contributed by atoms with van der Waals surface area (Å²) < 4.78 is 1.58. The van der Waals surface area contributed by atoms with Crippen molar-refractivity contribution in [1.29, 1.82) is 5.26 Å². The maximum atomic E-state index is 11.3. The lowest BCUT2D eigenvalue weighted by Crippen LogP contribution is -2.36. The highest BCUT2D eigenvalue weighted by Gasteiger charge is 2.31. The van der Waals surface area contributed by atoms with E-state index in [0.29, 0.717) is 45.5 Å². The number of carbonyl (C=O) groups excluding carboxylic acids is 1. The third kappa shape index (κ3) is 3.14. The van der Waals surface area contributed by atoms with Crippen LogP contribution in [-0.4, -0.2) is 32.6 Å². The average molecular weight is 365 g/mol. The maximum Gasteiger partial charge on any atom is 0.322 e. The van der Waals surface area contributed by atoms with Crippen molar-refractivity contribution in [1.82, 2.24) is 19.6 Å². The van der Waals surface area contributed by atoms with Crippen molar-refractivity contribution >= 4 is 47.3 Å². The number of pyridine rings is 1. The normalized spacial score (nSPS) is 13.4. The second-order valence-electron chi connectivity index (χ2n) is 6.36. The largest absolute Gasteiger partial charge is 0.339 e. The highest BCUT2D eigenvalue weighted by Crippen LogP contribution is 2.34. The number of rotatable bonds is 6. The number of fused-ring (bicyclic) bond motifs is 1. The van der Waals surface area contributed by atoms with Crippen molar-refractivity contribution in [3.05, 3.63) is 41.3 Å². The molecule has 0 aromatic carbocycles. The van der Waals surface area contributed by atoms with E-state index in [1.807, 2.05) is 0 Å². The molecule has 0 atom stereocenters. The lowest BCUT2D eigenvalue weighted by Gasteiger charge is -2.12. The van der Waals surface area contributed by atoms with Crippen molar-refractivity contribution < 1.29 is 4.79 Å².